The first kappa shape index (κ1) is 15.0. The lowest BCUT2D eigenvalue weighted by Crippen LogP contribution is -2.47. The Morgan fingerprint density at radius 2 is 1.95 bits per heavy atom. The zero-order valence-electron chi connectivity index (χ0n) is 11.2. The van der Waals surface area contributed by atoms with Crippen LogP contribution in [-0.4, -0.2) is 59.4 Å². The summed E-state index contributed by atoms with van der Waals surface area (Å²) >= 11 is 0.941. The van der Waals surface area contributed by atoms with Crippen molar-refractivity contribution in [3.05, 3.63) is 21.9 Å². The van der Waals surface area contributed by atoms with Crippen LogP contribution in [0.15, 0.2) is 12.1 Å². The van der Waals surface area contributed by atoms with E-state index >= 15 is 0 Å². The predicted molar refractivity (Wildman–Crippen MR) is 73.2 cm³/mol. The first-order valence-corrected chi connectivity index (χ1v) is 7.12. The second-order valence-electron chi connectivity index (χ2n) is 4.97. The number of aromatic carboxylic acids is 1. The SMILES string of the molecule is CN(CC1(O)CCOCC1)C(=O)c1ccc(C(=O)O)s1. The van der Waals surface area contributed by atoms with E-state index in [1.165, 1.54) is 17.0 Å². The average molecular weight is 299 g/mol. The molecule has 1 fully saturated rings. The minimum Gasteiger partial charge on any atom is -0.477 e. The van der Waals surface area contributed by atoms with Gasteiger partial charge < -0.3 is 19.8 Å². The molecule has 20 heavy (non-hydrogen) atoms. The highest BCUT2D eigenvalue weighted by Gasteiger charge is 2.32. The van der Waals surface area contributed by atoms with E-state index in [1.807, 2.05) is 0 Å². The zero-order valence-corrected chi connectivity index (χ0v) is 12.0. The van der Waals surface area contributed by atoms with E-state index in [4.69, 9.17) is 9.84 Å². The van der Waals surface area contributed by atoms with Crippen LogP contribution in [0.2, 0.25) is 0 Å². The first-order chi connectivity index (χ1) is 9.41. The Bertz CT molecular complexity index is 507. The molecule has 0 radical (unpaired) electrons. The van der Waals surface area contributed by atoms with Crippen LogP contribution in [0, 0.1) is 0 Å². The lowest BCUT2D eigenvalue weighted by atomic mass is 9.94. The van der Waals surface area contributed by atoms with Gasteiger partial charge >= 0.3 is 5.97 Å². The lowest BCUT2D eigenvalue weighted by Gasteiger charge is -2.35. The van der Waals surface area contributed by atoms with Crippen LogP contribution < -0.4 is 0 Å². The number of ether oxygens (including phenoxy) is 1. The molecule has 1 aromatic rings. The Hall–Kier alpha value is -1.44. The van der Waals surface area contributed by atoms with Crippen molar-refractivity contribution in [1.82, 2.24) is 4.90 Å². The molecule has 6 nitrogen and oxygen atoms in total. The van der Waals surface area contributed by atoms with Crippen molar-refractivity contribution in [3.63, 3.8) is 0 Å². The standard InChI is InChI=1S/C13H17NO5S/c1-14(8-13(18)4-6-19-7-5-13)11(15)9-2-3-10(20-9)12(16)17/h2-3,18H,4-8H2,1H3,(H,16,17). The van der Waals surface area contributed by atoms with Crippen molar-refractivity contribution in [2.45, 2.75) is 18.4 Å². The van der Waals surface area contributed by atoms with E-state index in [-0.39, 0.29) is 17.3 Å². The van der Waals surface area contributed by atoms with Gasteiger partial charge in [-0.3, -0.25) is 4.79 Å². The largest absolute Gasteiger partial charge is 0.477 e. The highest BCUT2D eigenvalue weighted by Crippen LogP contribution is 2.23. The second kappa shape index (κ2) is 5.90. The fourth-order valence-electron chi connectivity index (χ4n) is 2.18. The first-order valence-electron chi connectivity index (χ1n) is 6.30. The van der Waals surface area contributed by atoms with Gasteiger partial charge in [0.1, 0.15) is 4.88 Å². The van der Waals surface area contributed by atoms with Crippen molar-refractivity contribution in [1.29, 1.82) is 0 Å². The van der Waals surface area contributed by atoms with Crippen LogP contribution in [0.4, 0.5) is 0 Å². The van der Waals surface area contributed by atoms with E-state index in [0.29, 0.717) is 30.9 Å². The Morgan fingerprint density at radius 3 is 2.50 bits per heavy atom. The summed E-state index contributed by atoms with van der Waals surface area (Å²) in [4.78, 5) is 24.9. The Kier molecular flexibility index (Phi) is 4.42. The molecule has 0 spiro atoms. The molecule has 1 saturated heterocycles. The summed E-state index contributed by atoms with van der Waals surface area (Å²) < 4.78 is 5.19. The maximum absolute atomic E-state index is 12.2. The van der Waals surface area contributed by atoms with Gasteiger partial charge in [0.25, 0.3) is 5.91 Å². The number of hydrogen-bond acceptors (Lipinski definition) is 5. The molecule has 1 amide bonds. The fraction of sp³-hybridized carbons (Fsp3) is 0.538. The molecule has 0 unspecified atom stereocenters. The summed E-state index contributed by atoms with van der Waals surface area (Å²) in [6, 6.07) is 2.91. The molecule has 1 aromatic heterocycles. The monoisotopic (exact) mass is 299 g/mol. The Labute approximate surface area is 120 Å². The molecule has 110 valence electrons. The minimum atomic E-state index is -1.04. The number of carbonyl (C=O) groups excluding carboxylic acids is 1. The second-order valence-corrected chi connectivity index (χ2v) is 6.05. The van der Waals surface area contributed by atoms with Gasteiger partial charge in [-0.25, -0.2) is 4.79 Å². The molecule has 0 aromatic carbocycles. The maximum atomic E-state index is 12.2. The van der Waals surface area contributed by atoms with Gasteiger partial charge in [0.2, 0.25) is 0 Å². The van der Waals surface area contributed by atoms with Crippen molar-refractivity contribution >= 4 is 23.2 Å². The average Bonchev–Trinajstić information content (AvgIpc) is 2.87. The van der Waals surface area contributed by atoms with Crippen molar-refractivity contribution in [2.24, 2.45) is 0 Å². The number of hydrogen-bond donors (Lipinski definition) is 2. The summed E-state index contributed by atoms with van der Waals surface area (Å²) in [7, 11) is 1.61. The fourth-order valence-corrected chi connectivity index (χ4v) is 3.02. The minimum absolute atomic E-state index is 0.131. The quantitative estimate of drug-likeness (QED) is 0.868. The van der Waals surface area contributed by atoms with Gasteiger partial charge in [-0.2, -0.15) is 0 Å². The molecule has 0 aliphatic carbocycles. The van der Waals surface area contributed by atoms with Crippen LogP contribution in [0.5, 0.6) is 0 Å². The molecule has 7 heteroatoms. The summed E-state index contributed by atoms with van der Waals surface area (Å²) in [6.45, 7) is 1.19. The number of likely N-dealkylation sites (N-methyl/N-ethyl adjacent to an activating group) is 1. The normalized spacial score (nSPS) is 17.7. The third-order valence-corrected chi connectivity index (χ3v) is 4.39. The summed E-state index contributed by atoms with van der Waals surface area (Å²) in [5, 5.41) is 19.2. The molecule has 1 aliphatic rings. The number of carboxylic acid groups (broad SMARTS) is 1. The number of carboxylic acids is 1. The van der Waals surface area contributed by atoms with Crippen LogP contribution in [0.1, 0.15) is 32.2 Å². The topological polar surface area (TPSA) is 87.1 Å². The highest BCUT2D eigenvalue weighted by atomic mass is 32.1. The van der Waals surface area contributed by atoms with Crippen molar-refractivity contribution in [2.75, 3.05) is 26.8 Å². The molecular weight excluding hydrogens is 282 g/mol. The Balaban J connectivity index is 2.02. The number of amides is 1. The molecule has 0 atom stereocenters. The van der Waals surface area contributed by atoms with E-state index < -0.39 is 11.6 Å². The molecule has 2 N–H and O–H groups in total. The highest BCUT2D eigenvalue weighted by molar-refractivity contribution is 7.15. The van der Waals surface area contributed by atoms with E-state index in [0.717, 1.165) is 11.3 Å². The van der Waals surface area contributed by atoms with Crippen LogP contribution >= 0.6 is 11.3 Å². The number of aliphatic hydroxyl groups is 1. The van der Waals surface area contributed by atoms with Crippen molar-refractivity contribution < 1.29 is 24.5 Å². The molecule has 1 aliphatic heterocycles. The summed E-state index contributed by atoms with van der Waals surface area (Å²) in [6.07, 6.45) is 0.991. The number of nitrogens with zero attached hydrogens (tertiary/aromatic N) is 1. The number of carbonyl (C=O) groups is 2. The number of rotatable bonds is 4. The van der Waals surface area contributed by atoms with Gasteiger partial charge in [0.15, 0.2) is 0 Å². The van der Waals surface area contributed by atoms with Gasteiger partial charge in [0.05, 0.1) is 10.5 Å². The van der Waals surface area contributed by atoms with Crippen LogP contribution in [-0.2, 0) is 4.74 Å². The van der Waals surface area contributed by atoms with Gasteiger partial charge in [-0.15, -0.1) is 11.3 Å². The number of thiophene rings is 1. The van der Waals surface area contributed by atoms with Crippen molar-refractivity contribution in [3.8, 4) is 0 Å². The Morgan fingerprint density at radius 1 is 1.35 bits per heavy atom. The maximum Gasteiger partial charge on any atom is 0.345 e. The summed E-state index contributed by atoms with van der Waals surface area (Å²) in [5.74, 6) is -1.32. The predicted octanol–water partition coefficient (Wildman–Crippen LogP) is 1.06. The van der Waals surface area contributed by atoms with Crippen LogP contribution in [0.25, 0.3) is 0 Å². The zero-order chi connectivity index (χ0) is 14.8. The lowest BCUT2D eigenvalue weighted by molar-refractivity contribution is -0.0733. The van der Waals surface area contributed by atoms with Gasteiger partial charge in [-0.05, 0) is 12.1 Å². The van der Waals surface area contributed by atoms with Gasteiger partial charge in [-0.1, -0.05) is 0 Å². The smallest absolute Gasteiger partial charge is 0.345 e. The van der Waals surface area contributed by atoms with E-state index in [2.05, 4.69) is 0 Å². The molecule has 0 bridgehead atoms. The third-order valence-electron chi connectivity index (χ3n) is 3.33. The molecule has 0 saturated carbocycles. The molecule has 2 heterocycles. The summed E-state index contributed by atoms with van der Waals surface area (Å²) in [5.41, 5.74) is -0.921. The van der Waals surface area contributed by atoms with Crippen LogP contribution in [0.3, 0.4) is 0 Å². The van der Waals surface area contributed by atoms with E-state index in [9.17, 15) is 14.7 Å². The van der Waals surface area contributed by atoms with Gasteiger partial charge in [0, 0.05) is 39.6 Å². The molecule has 2 rings (SSSR count). The molecular formula is C13H17NO5S. The third kappa shape index (κ3) is 3.36. The van der Waals surface area contributed by atoms with E-state index in [1.54, 1.807) is 7.05 Å².